The fourth-order valence-corrected chi connectivity index (χ4v) is 1.46. The number of aromatic nitrogens is 3. The number of hydrogen-bond acceptors (Lipinski definition) is 4. The highest BCUT2D eigenvalue weighted by Crippen LogP contribution is 2.09. The molecule has 1 unspecified atom stereocenters. The van der Waals surface area contributed by atoms with Crippen molar-refractivity contribution in [1.29, 1.82) is 0 Å². The zero-order valence-electron chi connectivity index (χ0n) is 10.6. The van der Waals surface area contributed by atoms with Crippen LogP contribution in [0.1, 0.15) is 38.8 Å². The summed E-state index contributed by atoms with van der Waals surface area (Å²) >= 11 is 0. The lowest BCUT2D eigenvalue weighted by Crippen LogP contribution is -2.45. The molecular formula is C11H20N4O2. The van der Waals surface area contributed by atoms with Crippen LogP contribution in [-0.2, 0) is 24.2 Å². The lowest BCUT2D eigenvalue weighted by Gasteiger charge is -2.18. The standard InChI is InChI=1S/C11H20N4O2/c1-4-8-13-9(5-2)15(14-8)7-6-11(3,12)10(16)17/h4-7,12H2,1-3H3,(H,16,17). The molecule has 0 radical (unpaired) electrons. The molecular weight excluding hydrogens is 220 g/mol. The Morgan fingerprint density at radius 1 is 1.47 bits per heavy atom. The van der Waals surface area contributed by atoms with Gasteiger partial charge in [-0.2, -0.15) is 5.10 Å². The van der Waals surface area contributed by atoms with Gasteiger partial charge in [0.2, 0.25) is 0 Å². The van der Waals surface area contributed by atoms with Crippen LogP contribution in [0.25, 0.3) is 0 Å². The number of nitrogens with two attached hydrogens (primary N) is 1. The Kier molecular flexibility index (Phi) is 4.22. The van der Waals surface area contributed by atoms with E-state index in [0.29, 0.717) is 13.0 Å². The van der Waals surface area contributed by atoms with Gasteiger partial charge in [-0.3, -0.25) is 4.79 Å². The van der Waals surface area contributed by atoms with Gasteiger partial charge in [0, 0.05) is 19.4 Å². The van der Waals surface area contributed by atoms with E-state index in [0.717, 1.165) is 24.5 Å². The lowest BCUT2D eigenvalue weighted by atomic mass is 10.00. The van der Waals surface area contributed by atoms with Crippen molar-refractivity contribution >= 4 is 5.97 Å². The molecule has 1 aromatic rings. The summed E-state index contributed by atoms with van der Waals surface area (Å²) < 4.78 is 1.76. The molecule has 96 valence electrons. The van der Waals surface area contributed by atoms with Gasteiger partial charge in [-0.25, -0.2) is 9.67 Å². The normalized spacial score (nSPS) is 14.6. The average molecular weight is 240 g/mol. The minimum Gasteiger partial charge on any atom is -0.480 e. The van der Waals surface area contributed by atoms with Gasteiger partial charge in [0.15, 0.2) is 5.82 Å². The number of carboxylic acid groups (broad SMARTS) is 1. The van der Waals surface area contributed by atoms with E-state index in [1.165, 1.54) is 6.92 Å². The summed E-state index contributed by atoms with van der Waals surface area (Å²) in [6, 6.07) is 0. The molecule has 0 amide bonds. The number of aryl methyl sites for hydroxylation is 3. The third-order valence-electron chi connectivity index (χ3n) is 2.76. The van der Waals surface area contributed by atoms with E-state index in [9.17, 15) is 4.79 Å². The third-order valence-corrected chi connectivity index (χ3v) is 2.76. The molecule has 0 fully saturated rings. The zero-order valence-corrected chi connectivity index (χ0v) is 10.6. The molecule has 0 spiro atoms. The Morgan fingerprint density at radius 3 is 2.59 bits per heavy atom. The Morgan fingerprint density at radius 2 is 2.12 bits per heavy atom. The van der Waals surface area contributed by atoms with Gasteiger partial charge < -0.3 is 10.8 Å². The molecule has 6 nitrogen and oxygen atoms in total. The van der Waals surface area contributed by atoms with Crippen LogP contribution in [-0.4, -0.2) is 31.4 Å². The molecule has 6 heteroatoms. The first-order valence-corrected chi connectivity index (χ1v) is 5.85. The van der Waals surface area contributed by atoms with Crippen LogP contribution in [0.4, 0.5) is 0 Å². The van der Waals surface area contributed by atoms with Crippen molar-refractivity contribution in [3.8, 4) is 0 Å². The Labute approximate surface area is 101 Å². The summed E-state index contributed by atoms with van der Waals surface area (Å²) in [7, 11) is 0. The highest BCUT2D eigenvalue weighted by Gasteiger charge is 2.27. The van der Waals surface area contributed by atoms with Crippen LogP contribution >= 0.6 is 0 Å². The molecule has 0 aromatic carbocycles. The number of carboxylic acids is 1. The van der Waals surface area contributed by atoms with Crippen LogP contribution in [0.3, 0.4) is 0 Å². The van der Waals surface area contributed by atoms with E-state index in [1.54, 1.807) is 4.68 Å². The SMILES string of the molecule is CCc1nc(CC)n(CCC(C)(N)C(=O)O)n1. The fourth-order valence-electron chi connectivity index (χ4n) is 1.46. The van der Waals surface area contributed by atoms with Crippen LogP contribution in [0.2, 0.25) is 0 Å². The summed E-state index contributed by atoms with van der Waals surface area (Å²) in [5, 5.41) is 13.2. The van der Waals surface area contributed by atoms with E-state index < -0.39 is 11.5 Å². The fraction of sp³-hybridized carbons (Fsp3) is 0.727. The van der Waals surface area contributed by atoms with Gasteiger partial charge in [-0.1, -0.05) is 13.8 Å². The largest absolute Gasteiger partial charge is 0.480 e. The predicted molar refractivity (Wildman–Crippen MR) is 63.6 cm³/mol. The Bertz CT molecular complexity index is 398. The van der Waals surface area contributed by atoms with E-state index >= 15 is 0 Å². The molecule has 1 aromatic heterocycles. The second kappa shape index (κ2) is 5.27. The van der Waals surface area contributed by atoms with Crippen LogP contribution in [0, 0.1) is 0 Å². The summed E-state index contributed by atoms with van der Waals surface area (Å²) in [4.78, 5) is 15.2. The summed E-state index contributed by atoms with van der Waals surface area (Å²) in [5.41, 5.74) is 4.46. The maximum Gasteiger partial charge on any atom is 0.323 e. The van der Waals surface area contributed by atoms with Crippen molar-refractivity contribution in [1.82, 2.24) is 14.8 Å². The summed E-state index contributed by atoms with van der Waals surface area (Å²) in [5.74, 6) is 0.672. The molecule has 1 atom stereocenters. The minimum absolute atomic E-state index is 0.335. The van der Waals surface area contributed by atoms with Gasteiger partial charge in [0.1, 0.15) is 11.4 Å². The first-order chi connectivity index (χ1) is 7.90. The second-order valence-corrected chi connectivity index (χ2v) is 4.35. The van der Waals surface area contributed by atoms with Crippen molar-refractivity contribution in [2.24, 2.45) is 5.73 Å². The molecule has 0 aliphatic rings. The van der Waals surface area contributed by atoms with Crippen molar-refractivity contribution < 1.29 is 9.90 Å². The minimum atomic E-state index is -1.22. The maximum atomic E-state index is 10.9. The highest BCUT2D eigenvalue weighted by molar-refractivity contribution is 5.77. The van der Waals surface area contributed by atoms with E-state index in [2.05, 4.69) is 10.1 Å². The summed E-state index contributed by atoms with van der Waals surface area (Å²) in [6.07, 6.45) is 1.89. The van der Waals surface area contributed by atoms with Gasteiger partial charge in [-0.05, 0) is 13.3 Å². The first-order valence-electron chi connectivity index (χ1n) is 5.85. The summed E-state index contributed by atoms with van der Waals surface area (Å²) in [6.45, 7) is 5.98. The third kappa shape index (κ3) is 3.26. The average Bonchev–Trinajstić information content (AvgIpc) is 2.68. The molecule has 0 aliphatic heterocycles. The quantitative estimate of drug-likeness (QED) is 0.759. The molecule has 1 rings (SSSR count). The van der Waals surface area contributed by atoms with Gasteiger partial charge in [-0.15, -0.1) is 0 Å². The first kappa shape index (κ1) is 13.6. The molecule has 0 aliphatic carbocycles. The molecule has 0 saturated carbocycles. The number of nitrogens with zero attached hydrogens (tertiary/aromatic N) is 3. The lowest BCUT2D eigenvalue weighted by molar-refractivity contribution is -0.143. The van der Waals surface area contributed by atoms with Crippen LogP contribution in [0.5, 0.6) is 0 Å². The van der Waals surface area contributed by atoms with E-state index in [-0.39, 0.29) is 0 Å². The smallest absolute Gasteiger partial charge is 0.323 e. The van der Waals surface area contributed by atoms with E-state index in [4.69, 9.17) is 10.8 Å². The van der Waals surface area contributed by atoms with Gasteiger partial charge >= 0.3 is 5.97 Å². The molecule has 0 saturated heterocycles. The van der Waals surface area contributed by atoms with Crippen molar-refractivity contribution in [2.45, 2.75) is 52.1 Å². The second-order valence-electron chi connectivity index (χ2n) is 4.35. The van der Waals surface area contributed by atoms with Crippen molar-refractivity contribution in [3.05, 3.63) is 11.6 Å². The number of carbonyl (C=O) groups is 1. The molecule has 0 bridgehead atoms. The number of hydrogen-bond donors (Lipinski definition) is 2. The van der Waals surface area contributed by atoms with Crippen molar-refractivity contribution in [3.63, 3.8) is 0 Å². The highest BCUT2D eigenvalue weighted by atomic mass is 16.4. The zero-order chi connectivity index (χ0) is 13.1. The topological polar surface area (TPSA) is 94.0 Å². The maximum absolute atomic E-state index is 10.9. The van der Waals surface area contributed by atoms with E-state index in [1.807, 2.05) is 13.8 Å². The Hall–Kier alpha value is -1.43. The van der Waals surface area contributed by atoms with Crippen LogP contribution < -0.4 is 5.73 Å². The monoisotopic (exact) mass is 240 g/mol. The molecule has 1 heterocycles. The Balaban J connectivity index is 2.75. The number of aliphatic carboxylic acids is 1. The number of rotatable bonds is 6. The molecule has 17 heavy (non-hydrogen) atoms. The predicted octanol–water partition coefficient (Wildman–Crippen LogP) is 0.595. The van der Waals surface area contributed by atoms with Gasteiger partial charge in [0.05, 0.1) is 0 Å². The van der Waals surface area contributed by atoms with Crippen LogP contribution in [0.15, 0.2) is 0 Å². The molecule has 3 N–H and O–H groups in total. The van der Waals surface area contributed by atoms with Crippen molar-refractivity contribution in [2.75, 3.05) is 0 Å². The van der Waals surface area contributed by atoms with Gasteiger partial charge in [0.25, 0.3) is 0 Å².